The molecule has 0 aliphatic carbocycles. The topological polar surface area (TPSA) is 69.4 Å². The average Bonchev–Trinajstić information content (AvgIpc) is 1.27. The molecule has 0 aliphatic rings. The Hall–Kier alpha value is -0.468. The van der Waals surface area contributed by atoms with Crippen molar-refractivity contribution >= 4 is 5.97 Å². The van der Waals surface area contributed by atoms with E-state index in [0.717, 1.165) is 6.92 Å². The van der Waals surface area contributed by atoms with E-state index in [0.29, 0.717) is 0 Å². The second kappa shape index (κ2) is 4.69. The van der Waals surface area contributed by atoms with Crippen LogP contribution in [0.3, 0.4) is 0 Å². The van der Waals surface area contributed by atoms with Crippen molar-refractivity contribution in [3.63, 3.8) is 0 Å². The SMILES string of the molecule is CC(=O)O[N+](=O)[O-].[Pd]. The third-order valence-corrected chi connectivity index (χ3v) is 0.203. The zero-order valence-corrected chi connectivity index (χ0v) is 5.45. The molecule has 8 heavy (non-hydrogen) atoms. The van der Waals surface area contributed by atoms with Gasteiger partial charge in [0.05, 0.1) is 0 Å². The summed E-state index contributed by atoms with van der Waals surface area (Å²) in [6.07, 6.45) is 0. The Morgan fingerprint density at radius 2 is 2.12 bits per heavy atom. The van der Waals surface area contributed by atoms with Gasteiger partial charge in [0.25, 0.3) is 0 Å². The smallest absolute Gasteiger partial charge is 0.269 e. The van der Waals surface area contributed by atoms with Crippen molar-refractivity contribution in [2.45, 2.75) is 6.92 Å². The molecule has 0 amide bonds. The maximum absolute atomic E-state index is 9.59. The Labute approximate surface area is 58.8 Å². The van der Waals surface area contributed by atoms with E-state index in [1.807, 2.05) is 0 Å². The van der Waals surface area contributed by atoms with Gasteiger partial charge in [-0.05, 0) is 0 Å². The van der Waals surface area contributed by atoms with Gasteiger partial charge in [-0.15, -0.1) is 10.1 Å². The van der Waals surface area contributed by atoms with Crippen LogP contribution in [0.25, 0.3) is 0 Å². The minimum atomic E-state index is -1.15. The van der Waals surface area contributed by atoms with E-state index in [2.05, 4.69) is 4.84 Å². The molecule has 0 bridgehead atoms. The minimum absolute atomic E-state index is 0. The van der Waals surface area contributed by atoms with E-state index < -0.39 is 11.1 Å². The van der Waals surface area contributed by atoms with Gasteiger partial charge in [0.2, 0.25) is 0 Å². The van der Waals surface area contributed by atoms with Gasteiger partial charge in [0, 0.05) is 27.3 Å². The molecule has 0 radical (unpaired) electrons. The zero-order chi connectivity index (χ0) is 5.86. The predicted octanol–water partition coefficient (Wildman–Crippen LogP) is -0.261. The monoisotopic (exact) mass is 211 g/mol. The Morgan fingerprint density at radius 1 is 1.75 bits per heavy atom. The molecule has 0 unspecified atom stereocenters. The third kappa shape index (κ3) is 9.11. The summed E-state index contributed by atoms with van der Waals surface area (Å²) in [6, 6.07) is 0. The van der Waals surface area contributed by atoms with E-state index in [9.17, 15) is 14.9 Å². The molecule has 0 aromatic rings. The quantitative estimate of drug-likeness (QED) is 0.340. The summed E-state index contributed by atoms with van der Waals surface area (Å²) >= 11 is 0. The average molecular weight is 211 g/mol. The van der Waals surface area contributed by atoms with Crippen molar-refractivity contribution in [3.05, 3.63) is 10.1 Å². The van der Waals surface area contributed by atoms with Crippen molar-refractivity contribution in [2.75, 3.05) is 0 Å². The standard InChI is InChI=1S/C2H3NO4.Pd/c1-2(4)7-3(5)6;/h1H3;. The Morgan fingerprint density at radius 3 is 2.12 bits per heavy atom. The maximum atomic E-state index is 9.59. The third-order valence-electron chi connectivity index (χ3n) is 0.203. The van der Waals surface area contributed by atoms with Gasteiger partial charge < -0.3 is 0 Å². The summed E-state index contributed by atoms with van der Waals surface area (Å²) in [6.45, 7) is 0.961. The fourth-order valence-electron chi connectivity index (χ4n) is 0.105. The van der Waals surface area contributed by atoms with Crippen LogP contribution in [0.1, 0.15) is 6.92 Å². The van der Waals surface area contributed by atoms with Gasteiger partial charge in [-0.25, -0.2) is 4.84 Å². The van der Waals surface area contributed by atoms with Crippen LogP contribution >= 0.6 is 0 Å². The van der Waals surface area contributed by atoms with Crippen LogP contribution in [-0.2, 0) is 30.1 Å². The number of hydrogen-bond donors (Lipinski definition) is 0. The molecule has 0 heterocycles. The van der Waals surface area contributed by atoms with Crippen LogP contribution in [-0.4, -0.2) is 11.1 Å². The second-order valence-corrected chi connectivity index (χ2v) is 0.806. The van der Waals surface area contributed by atoms with Crippen LogP contribution in [0, 0.1) is 10.1 Å². The maximum Gasteiger partial charge on any atom is 0.302 e. The van der Waals surface area contributed by atoms with E-state index in [1.165, 1.54) is 0 Å². The van der Waals surface area contributed by atoms with Crippen molar-refractivity contribution in [1.29, 1.82) is 0 Å². The molecule has 0 aromatic carbocycles. The fourth-order valence-corrected chi connectivity index (χ4v) is 0.105. The van der Waals surface area contributed by atoms with Crippen LogP contribution in [0.5, 0.6) is 0 Å². The van der Waals surface area contributed by atoms with E-state index in [-0.39, 0.29) is 20.4 Å². The number of rotatable bonds is 1. The molecule has 5 nitrogen and oxygen atoms in total. The van der Waals surface area contributed by atoms with E-state index in [1.54, 1.807) is 0 Å². The van der Waals surface area contributed by atoms with Crippen LogP contribution in [0.2, 0.25) is 0 Å². The molecule has 0 rings (SSSR count). The number of carbonyl (C=O) groups excluding carboxylic acids is 1. The number of carbonyl (C=O) groups is 1. The van der Waals surface area contributed by atoms with Gasteiger partial charge >= 0.3 is 11.1 Å². The molecular formula is C2H3NO4Pd. The van der Waals surface area contributed by atoms with Crippen molar-refractivity contribution in [1.82, 2.24) is 0 Å². The van der Waals surface area contributed by atoms with Crippen molar-refractivity contribution < 1.29 is 35.1 Å². The van der Waals surface area contributed by atoms with Gasteiger partial charge in [-0.1, -0.05) is 0 Å². The Balaban J connectivity index is 0. The summed E-state index contributed by atoms with van der Waals surface area (Å²) in [7, 11) is 0. The van der Waals surface area contributed by atoms with Crippen LogP contribution in [0.4, 0.5) is 0 Å². The van der Waals surface area contributed by atoms with Gasteiger partial charge in [0.1, 0.15) is 0 Å². The molecular weight excluding hydrogens is 208 g/mol. The fraction of sp³-hybridized carbons (Fsp3) is 0.500. The largest absolute Gasteiger partial charge is 0.302 e. The number of nitrogens with zero attached hydrogens (tertiary/aromatic N) is 1. The minimum Gasteiger partial charge on any atom is -0.269 e. The molecule has 0 spiro atoms. The molecule has 50 valence electrons. The predicted molar refractivity (Wildman–Crippen MR) is 18.8 cm³/mol. The van der Waals surface area contributed by atoms with Crippen molar-refractivity contribution in [2.24, 2.45) is 0 Å². The molecule has 0 atom stereocenters. The molecule has 0 fully saturated rings. The first-order valence-corrected chi connectivity index (χ1v) is 1.46. The zero-order valence-electron chi connectivity index (χ0n) is 3.90. The Kier molecular flexibility index (Phi) is 6.15. The first kappa shape index (κ1) is 10.5. The molecule has 0 N–H and O–H groups in total. The second-order valence-electron chi connectivity index (χ2n) is 0.806. The van der Waals surface area contributed by atoms with Gasteiger partial charge in [-0.3, -0.25) is 4.79 Å². The summed E-state index contributed by atoms with van der Waals surface area (Å²) in [5, 5.41) is 8.02. The van der Waals surface area contributed by atoms with Gasteiger partial charge in [-0.2, -0.15) is 0 Å². The van der Waals surface area contributed by atoms with E-state index in [4.69, 9.17) is 0 Å². The molecule has 0 aliphatic heterocycles. The molecule has 0 aromatic heterocycles. The molecule has 0 saturated carbocycles. The van der Waals surface area contributed by atoms with E-state index >= 15 is 0 Å². The summed E-state index contributed by atoms with van der Waals surface area (Å²) in [4.78, 5) is 22.1. The first-order chi connectivity index (χ1) is 3.13. The Bertz CT molecular complexity index is 90.2. The van der Waals surface area contributed by atoms with Gasteiger partial charge in [0.15, 0.2) is 0 Å². The number of hydrogen-bond acceptors (Lipinski definition) is 4. The molecule has 0 saturated heterocycles. The van der Waals surface area contributed by atoms with Crippen LogP contribution in [0.15, 0.2) is 0 Å². The summed E-state index contributed by atoms with van der Waals surface area (Å²) in [5.74, 6) is -0.912. The summed E-state index contributed by atoms with van der Waals surface area (Å²) in [5.41, 5.74) is 0. The summed E-state index contributed by atoms with van der Waals surface area (Å²) < 4.78 is 0. The molecule has 6 heteroatoms. The van der Waals surface area contributed by atoms with Crippen LogP contribution < -0.4 is 0 Å². The first-order valence-electron chi connectivity index (χ1n) is 1.46. The van der Waals surface area contributed by atoms with Crippen molar-refractivity contribution in [3.8, 4) is 0 Å². The normalized spacial score (nSPS) is 6.62.